The van der Waals surface area contributed by atoms with Gasteiger partial charge in [0.05, 0.1) is 18.8 Å². The molecule has 180 valence electrons. The van der Waals surface area contributed by atoms with Crippen LogP contribution in [-0.2, 0) is 13.6 Å². The monoisotopic (exact) mass is 469 g/mol. The summed E-state index contributed by atoms with van der Waals surface area (Å²) in [5.41, 5.74) is 3.85. The van der Waals surface area contributed by atoms with E-state index in [0.717, 1.165) is 35.2 Å². The van der Waals surface area contributed by atoms with Crippen molar-refractivity contribution in [2.75, 3.05) is 13.7 Å². The molecular formula is C29H31N3O3. The van der Waals surface area contributed by atoms with Crippen LogP contribution >= 0.6 is 0 Å². The first kappa shape index (κ1) is 23.1. The average Bonchev–Trinajstić information content (AvgIpc) is 3.71. The van der Waals surface area contributed by atoms with Crippen LogP contribution in [0.2, 0.25) is 0 Å². The largest absolute Gasteiger partial charge is 0.493 e. The van der Waals surface area contributed by atoms with Crippen molar-refractivity contribution in [1.82, 2.24) is 14.7 Å². The molecule has 3 aromatic carbocycles. The second-order valence-corrected chi connectivity index (χ2v) is 8.96. The molecule has 1 aliphatic carbocycles. The third kappa shape index (κ3) is 5.24. The van der Waals surface area contributed by atoms with Gasteiger partial charge >= 0.3 is 0 Å². The van der Waals surface area contributed by atoms with Gasteiger partial charge in [-0.25, -0.2) is 4.68 Å². The second kappa shape index (κ2) is 10.3. The predicted octanol–water partition coefficient (Wildman–Crippen LogP) is 5.59. The van der Waals surface area contributed by atoms with E-state index in [2.05, 4.69) is 17.0 Å². The van der Waals surface area contributed by atoms with E-state index in [4.69, 9.17) is 14.6 Å². The molecule has 6 nitrogen and oxygen atoms in total. The first-order valence-corrected chi connectivity index (χ1v) is 12.0. The predicted molar refractivity (Wildman–Crippen MR) is 137 cm³/mol. The lowest BCUT2D eigenvalue weighted by atomic mass is 10.1. The van der Waals surface area contributed by atoms with E-state index in [1.807, 2.05) is 79.8 Å². The highest BCUT2D eigenvalue weighted by Crippen LogP contribution is 2.39. The van der Waals surface area contributed by atoms with Crippen LogP contribution in [0.1, 0.15) is 30.1 Å². The lowest BCUT2D eigenvalue weighted by Crippen LogP contribution is -2.30. The number of aromatic nitrogens is 2. The number of para-hydroxylation sites is 2. The topological polar surface area (TPSA) is 59.8 Å². The lowest BCUT2D eigenvalue weighted by Gasteiger charge is -2.25. The lowest BCUT2D eigenvalue weighted by molar-refractivity contribution is 0.104. The van der Waals surface area contributed by atoms with Crippen molar-refractivity contribution < 1.29 is 14.6 Å². The summed E-state index contributed by atoms with van der Waals surface area (Å²) in [6, 6.07) is 28.1. The van der Waals surface area contributed by atoms with Crippen LogP contribution in [0.15, 0.2) is 84.9 Å². The van der Waals surface area contributed by atoms with Gasteiger partial charge in [0.15, 0.2) is 11.5 Å². The van der Waals surface area contributed by atoms with Crippen LogP contribution in [0.3, 0.4) is 0 Å². The van der Waals surface area contributed by atoms with Gasteiger partial charge < -0.3 is 14.6 Å². The number of aryl methyl sites for hydroxylation is 1. The first-order chi connectivity index (χ1) is 17.1. The van der Waals surface area contributed by atoms with Gasteiger partial charge in [0.2, 0.25) is 5.88 Å². The summed E-state index contributed by atoms with van der Waals surface area (Å²) >= 11 is 0. The summed E-state index contributed by atoms with van der Waals surface area (Å²) in [5, 5.41) is 15.9. The van der Waals surface area contributed by atoms with Gasteiger partial charge in [-0.2, -0.15) is 5.10 Å². The van der Waals surface area contributed by atoms with Crippen LogP contribution in [-0.4, -0.2) is 39.5 Å². The molecule has 1 saturated carbocycles. The number of aliphatic hydroxyl groups excluding tert-OH is 1. The molecule has 5 rings (SSSR count). The third-order valence-corrected chi connectivity index (χ3v) is 6.43. The maximum Gasteiger partial charge on any atom is 0.222 e. The fourth-order valence-electron chi connectivity index (χ4n) is 4.45. The molecule has 1 aromatic heterocycles. The first-order valence-electron chi connectivity index (χ1n) is 12.0. The number of aliphatic hydroxyl groups is 1. The van der Waals surface area contributed by atoms with E-state index in [1.165, 1.54) is 0 Å². The maximum atomic E-state index is 11.0. The van der Waals surface area contributed by atoms with Crippen molar-refractivity contribution in [2.45, 2.75) is 31.5 Å². The number of rotatable bonds is 10. The minimum Gasteiger partial charge on any atom is -0.493 e. The fourth-order valence-corrected chi connectivity index (χ4v) is 4.45. The molecule has 0 radical (unpaired) electrons. The van der Waals surface area contributed by atoms with E-state index >= 15 is 0 Å². The van der Waals surface area contributed by atoms with Crippen molar-refractivity contribution in [2.24, 2.45) is 7.05 Å². The Kier molecular flexibility index (Phi) is 6.84. The quantitative estimate of drug-likeness (QED) is 0.328. The molecule has 0 saturated heterocycles. The summed E-state index contributed by atoms with van der Waals surface area (Å²) in [5.74, 6) is 1.98. The molecule has 1 atom stereocenters. The molecule has 1 heterocycles. The molecule has 4 aromatic rings. The van der Waals surface area contributed by atoms with Crippen molar-refractivity contribution in [1.29, 1.82) is 0 Å². The van der Waals surface area contributed by atoms with Gasteiger partial charge in [0, 0.05) is 31.7 Å². The van der Waals surface area contributed by atoms with Gasteiger partial charge in [-0.15, -0.1) is 0 Å². The number of ether oxygens (including phenoxy) is 2. The van der Waals surface area contributed by atoms with Crippen molar-refractivity contribution in [3.05, 3.63) is 96.1 Å². The summed E-state index contributed by atoms with van der Waals surface area (Å²) in [4.78, 5) is 2.36. The maximum absolute atomic E-state index is 11.0. The fraction of sp³-hybridized carbons (Fsp3) is 0.276. The molecule has 0 amide bonds. The molecule has 1 fully saturated rings. The summed E-state index contributed by atoms with van der Waals surface area (Å²) in [7, 11) is 3.54. The minimum absolute atomic E-state index is 0.441. The van der Waals surface area contributed by atoms with Gasteiger partial charge in [-0.05, 0) is 30.5 Å². The number of methoxy groups -OCH3 is 1. The Morgan fingerprint density at radius 3 is 2.23 bits per heavy atom. The Balaban J connectivity index is 1.51. The number of nitrogens with zero attached hydrogens (tertiary/aromatic N) is 3. The van der Waals surface area contributed by atoms with Crippen molar-refractivity contribution in [3.63, 3.8) is 0 Å². The molecule has 6 heteroatoms. The molecule has 0 aliphatic heterocycles. The van der Waals surface area contributed by atoms with Gasteiger partial charge in [0.25, 0.3) is 0 Å². The van der Waals surface area contributed by atoms with Crippen LogP contribution in [0.5, 0.6) is 17.4 Å². The van der Waals surface area contributed by atoms with Crippen molar-refractivity contribution >= 4 is 0 Å². The number of benzene rings is 3. The van der Waals surface area contributed by atoms with Gasteiger partial charge in [-0.1, -0.05) is 72.8 Å². The normalized spacial score (nSPS) is 14.2. The van der Waals surface area contributed by atoms with E-state index < -0.39 is 6.10 Å². The smallest absolute Gasteiger partial charge is 0.222 e. The molecule has 35 heavy (non-hydrogen) atoms. The van der Waals surface area contributed by atoms with Crippen LogP contribution < -0.4 is 9.47 Å². The highest BCUT2D eigenvalue weighted by atomic mass is 16.5. The SMILES string of the molecule is COc1ccccc1Oc1c(CN(CC(O)c2ccccc2)C2CC2)c(-c2ccccc2)nn1C. The Labute approximate surface area is 206 Å². The van der Waals surface area contributed by atoms with Gasteiger partial charge in [0.1, 0.15) is 5.69 Å². The highest BCUT2D eigenvalue weighted by Gasteiger charge is 2.33. The standard InChI is InChI=1S/C29H31N3O3/c1-31-29(35-27-16-10-9-15-26(27)34-2)24(28(30-31)22-13-7-4-8-14-22)19-32(23-17-18-23)20-25(33)21-11-5-3-6-12-21/h3-16,23,25,33H,17-20H2,1-2H3. The zero-order valence-electron chi connectivity index (χ0n) is 20.2. The molecule has 0 spiro atoms. The Morgan fingerprint density at radius 2 is 1.57 bits per heavy atom. The Bertz CT molecular complexity index is 1250. The molecule has 1 unspecified atom stereocenters. The number of hydrogen-bond donors (Lipinski definition) is 1. The van der Waals surface area contributed by atoms with E-state index in [1.54, 1.807) is 11.8 Å². The minimum atomic E-state index is -0.563. The summed E-state index contributed by atoms with van der Waals surface area (Å²) < 4.78 is 13.8. The summed E-state index contributed by atoms with van der Waals surface area (Å²) in [6.07, 6.45) is 1.70. The Morgan fingerprint density at radius 1 is 0.943 bits per heavy atom. The molecule has 0 bridgehead atoms. The summed E-state index contributed by atoms with van der Waals surface area (Å²) in [6.45, 7) is 1.17. The van der Waals surface area contributed by atoms with E-state index in [0.29, 0.717) is 36.5 Å². The zero-order valence-corrected chi connectivity index (χ0v) is 20.2. The molecule has 1 aliphatic rings. The average molecular weight is 470 g/mol. The second-order valence-electron chi connectivity index (χ2n) is 8.96. The molecule has 1 N–H and O–H groups in total. The van der Waals surface area contributed by atoms with Crippen molar-refractivity contribution in [3.8, 4) is 28.6 Å². The molecular weight excluding hydrogens is 438 g/mol. The highest BCUT2D eigenvalue weighted by molar-refractivity contribution is 5.66. The van der Waals surface area contributed by atoms with E-state index in [-0.39, 0.29) is 0 Å². The number of hydrogen-bond acceptors (Lipinski definition) is 5. The third-order valence-electron chi connectivity index (χ3n) is 6.43. The Hall–Kier alpha value is -3.61. The van der Waals surface area contributed by atoms with Crippen LogP contribution in [0.25, 0.3) is 11.3 Å². The van der Waals surface area contributed by atoms with Gasteiger partial charge in [-0.3, -0.25) is 4.90 Å². The zero-order chi connectivity index (χ0) is 24.2. The van der Waals surface area contributed by atoms with E-state index in [9.17, 15) is 5.11 Å². The van der Waals surface area contributed by atoms with Crippen LogP contribution in [0, 0.1) is 0 Å². The van der Waals surface area contributed by atoms with Crippen LogP contribution in [0.4, 0.5) is 0 Å².